The number of hydrogen-bond donors (Lipinski definition) is 1. The summed E-state index contributed by atoms with van der Waals surface area (Å²) >= 11 is 0. The van der Waals surface area contributed by atoms with Crippen LogP contribution in [0.4, 0.5) is 11.6 Å². The van der Waals surface area contributed by atoms with E-state index in [0.717, 1.165) is 0 Å². The molecule has 1 aromatic heterocycles. The second-order valence-corrected chi connectivity index (χ2v) is 3.65. The number of rotatable bonds is 2. The predicted octanol–water partition coefficient (Wildman–Crippen LogP) is -0.563. The fraction of sp³-hybridized carbons (Fsp3) is 0.500. The van der Waals surface area contributed by atoms with Crippen LogP contribution >= 0.6 is 0 Å². The van der Waals surface area contributed by atoms with Gasteiger partial charge in [0.15, 0.2) is 11.9 Å². The Bertz CT molecular complexity index is 395. The number of carbonyl (C=O) groups is 1. The lowest BCUT2D eigenvalue weighted by Crippen LogP contribution is -2.47. The SMILES string of the molecule is COC(=O)C1CN(c2ccc(N)nn2)CCO1. The molecule has 0 spiro atoms. The van der Waals surface area contributed by atoms with Crippen LogP contribution in [0.2, 0.25) is 0 Å². The van der Waals surface area contributed by atoms with Crippen molar-refractivity contribution < 1.29 is 14.3 Å². The normalized spacial score (nSPS) is 20.1. The molecular formula is C10H14N4O3. The van der Waals surface area contributed by atoms with Crippen molar-refractivity contribution in [3.05, 3.63) is 12.1 Å². The van der Waals surface area contributed by atoms with Crippen LogP contribution in [-0.4, -0.2) is 49.1 Å². The average Bonchev–Trinajstić information content (AvgIpc) is 2.39. The predicted molar refractivity (Wildman–Crippen MR) is 60.4 cm³/mol. The number of aromatic nitrogens is 2. The van der Waals surface area contributed by atoms with E-state index in [1.54, 1.807) is 12.1 Å². The van der Waals surface area contributed by atoms with E-state index < -0.39 is 6.10 Å². The summed E-state index contributed by atoms with van der Waals surface area (Å²) in [7, 11) is 1.34. The van der Waals surface area contributed by atoms with Gasteiger partial charge in [-0.05, 0) is 12.1 Å². The van der Waals surface area contributed by atoms with Crippen molar-refractivity contribution in [1.29, 1.82) is 0 Å². The molecule has 1 aliphatic rings. The third kappa shape index (κ3) is 2.62. The summed E-state index contributed by atoms with van der Waals surface area (Å²) in [5.74, 6) is 0.668. The van der Waals surface area contributed by atoms with Crippen LogP contribution in [0.3, 0.4) is 0 Å². The van der Waals surface area contributed by atoms with Gasteiger partial charge in [0, 0.05) is 6.54 Å². The largest absolute Gasteiger partial charge is 0.467 e. The molecule has 0 amide bonds. The molecule has 0 aromatic carbocycles. The number of anilines is 2. The van der Waals surface area contributed by atoms with Gasteiger partial charge in [0.25, 0.3) is 0 Å². The van der Waals surface area contributed by atoms with Gasteiger partial charge in [-0.2, -0.15) is 0 Å². The molecule has 0 bridgehead atoms. The van der Waals surface area contributed by atoms with Gasteiger partial charge in [0.05, 0.1) is 20.3 Å². The molecule has 7 nitrogen and oxygen atoms in total. The van der Waals surface area contributed by atoms with E-state index in [2.05, 4.69) is 14.9 Å². The Morgan fingerprint density at radius 1 is 1.59 bits per heavy atom. The third-order valence-electron chi connectivity index (χ3n) is 2.53. The highest BCUT2D eigenvalue weighted by atomic mass is 16.6. The van der Waals surface area contributed by atoms with Gasteiger partial charge >= 0.3 is 5.97 Å². The summed E-state index contributed by atoms with van der Waals surface area (Å²) in [5, 5.41) is 7.74. The van der Waals surface area contributed by atoms with Crippen molar-refractivity contribution in [1.82, 2.24) is 10.2 Å². The number of nitrogens with zero attached hydrogens (tertiary/aromatic N) is 3. The van der Waals surface area contributed by atoms with Crippen LogP contribution in [0.25, 0.3) is 0 Å². The van der Waals surface area contributed by atoms with Crippen LogP contribution in [-0.2, 0) is 14.3 Å². The maximum Gasteiger partial charge on any atom is 0.336 e. The van der Waals surface area contributed by atoms with Crippen LogP contribution < -0.4 is 10.6 Å². The lowest BCUT2D eigenvalue weighted by molar-refractivity contribution is -0.154. The fourth-order valence-electron chi connectivity index (χ4n) is 1.64. The summed E-state index contributed by atoms with van der Waals surface area (Å²) in [4.78, 5) is 13.3. The number of nitrogens with two attached hydrogens (primary N) is 1. The van der Waals surface area contributed by atoms with E-state index in [1.807, 2.05) is 4.90 Å². The van der Waals surface area contributed by atoms with Crippen molar-refractivity contribution in [3.8, 4) is 0 Å². The van der Waals surface area contributed by atoms with Gasteiger partial charge in [0.1, 0.15) is 5.82 Å². The Hall–Kier alpha value is -1.89. The standard InChI is InChI=1S/C10H14N4O3/c1-16-10(15)7-6-14(4-5-17-7)9-3-2-8(11)12-13-9/h2-3,7H,4-6H2,1H3,(H2,11,12). The summed E-state index contributed by atoms with van der Waals surface area (Å²) in [6.07, 6.45) is -0.576. The molecule has 1 aromatic rings. The highest BCUT2D eigenvalue weighted by molar-refractivity contribution is 5.75. The van der Waals surface area contributed by atoms with Crippen LogP contribution in [0.5, 0.6) is 0 Å². The Balaban J connectivity index is 2.06. The number of esters is 1. The molecule has 0 radical (unpaired) electrons. The average molecular weight is 238 g/mol. The van der Waals surface area contributed by atoms with Gasteiger partial charge in [-0.15, -0.1) is 10.2 Å². The number of nitrogen functional groups attached to an aromatic ring is 1. The van der Waals surface area contributed by atoms with E-state index in [-0.39, 0.29) is 5.97 Å². The number of hydrogen-bond acceptors (Lipinski definition) is 7. The zero-order chi connectivity index (χ0) is 12.3. The highest BCUT2D eigenvalue weighted by Gasteiger charge is 2.28. The molecule has 7 heteroatoms. The lowest BCUT2D eigenvalue weighted by Gasteiger charge is -2.31. The summed E-state index contributed by atoms with van der Waals surface area (Å²) in [5.41, 5.74) is 5.46. The maximum absolute atomic E-state index is 11.4. The van der Waals surface area contributed by atoms with Gasteiger partial charge in [-0.3, -0.25) is 0 Å². The first-order valence-electron chi connectivity index (χ1n) is 5.24. The number of morpholine rings is 1. The molecule has 1 fully saturated rings. The minimum absolute atomic E-state index is 0.367. The zero-order valence-electron chi connectivity index (χ0n) is 9.50. The summed E-state index contributed by atoms with van der Waals surface area (Å²) in [6.45, 7) is 1.52. The summed E-state index contributed by atoms with van der Waals surface area (Å²) in [6, 6.07) is 3.44. The molecule has 0 saturated carbocycles. The summed E-state index contributed by atoms with van der Waals surface area (Å²) < 4.78 is 9.96. The number of methoxy groups -OCH3 is 1. The van der Waals surface area contributed by atoms with Crippen LogP contribution in [0, 0.1) is 0 Å². The van der Waals surface area contributed by atoms with Crippen LogP contribution in [0.15, 0.2) is 12.1 Å². The molecule has 1 aliphatic heterocycles. The van der Waals surface area contributed by atoms with Gasteiger partial charge in [0.2, 0.25) is 0 Å². The first-order valence-corrected chi connectivity index (χ1v) is 5.24. The Kier molecular flexibility index (Phi) is 3.38. The highest BCUT2D eigenvalue weighted by Crippen LogP contribution is 2.15. The zero-order valence-corrected chi connectivity index (χ0v) is 9.50. The molecule has 2 heterocycles. The van der Waals surface area contributed by atoms with Crippen LogP contribution in [0.1, 0.15) is 0 Å². The second kappa shape index (κ2) is 4.96. The smallest absolute Gasteiger partial charge is 0.336 e. The topological polar surface area (TPSA) is 90.6 Å². The van der Waals surface area contributed by atoms with E-state index >= 15 is 0 Å². The maximum atomic E-state index is 11.4. The van der Waals surface area contributed by atoms with E-state index in [0.29, 0.717) is 31.3 Å². The van der Waals surface area contributed by atoms with Crippen molar-refractivity contribution in [2.75, 3.05) is 37.4 Å². The molecule has 1 unspecified atom stereocenters. The molecule has 0 aliphatic carbocycles. The second-order valence-electron chi connectivity index (χ2n) is 3.65. The minimum Gasteiger partial charge on any atom is -0.467 e. The number of ether oxygens (including phenoxy) is 2. The van der Waals surface area contributed by atoms with Crippen molar-refractivity contribution in [2.24, 2.45) is 0 Å². The third-order valence-corrected chi connectivity index (χ3v) is 2.53. The molecule has 1 atom stereocenters. The van der Waals surface area contributed by atoms with Gasteiger partial charge < -0.3 is 20.1 Å². The molecule has 17 heavy (non-hydrogen) atoms. The van der Waals surface area contributed by atoms with Crippen molar-refractivity contribution in [2.45, 2.75) is 6.10 Å². The van der Waals surface area contributed by atoms with Crippen molar-refractivity contribution in [3.63, 3.8) is 0 Å². The van der Waals surface area contributed by atoms with E-state index in [4.69, 9.17) is 10.5 Å². The Morgan fingerprint density at radius 2 is 2.41 bits per heavy atom. The monoisotopic (exact) mass is 238 g/mol. The lowest BCUT2D eigenvalue weighted by atomic mass is 10.2. The van der Waals surface area contributed by atoms with Gasteiger partial charge in [-0.1, -0.05) is 0 Å². The number of carbonyl (C=O) groups excluding carboxylic acids is 1. The molecule has 2 rings (SSSR count). The molecule has 92 valence electrons. The molecule has 1 saturated heterocycles. The Labute approximate surface area is 98.5 Å². The Morgan fingerprint density at radius 3 is 3.06 bits per heavy atom. The van der Waals surface area contributed by atoms with E-state index in [9.17, 15) is 4.79 Å². The van der Waals surface area contributed by atoms with E-state index in [1.165, 1.54) is 7.11 Å². The minimum atomic E-state index is -0.576. The van der Waals surface area contributed by atoms with Gasteiger partial charge in [-0.25, -0.2) is 4.79 Å². The molecule has 2 N–H and O–H groups in total. The first kappa shape index (κ1) is 11.6. The van der Waals surface area contributed by atoms with Crippen molar-refractivity contribution >= 4 is 17.6 Å². The fourth-order valence-corrected chi connectivity index (χ4v) is 1.64. The quantitative estimate of drug-likeness (QED) is 0.690. The first-order chi connectivity index (χ1) is 8.20. The molecular weight excluding hydrogens is 224 g/mol.